The van der Waals surface area contributed by atoms with Crippen molar-refractivity contribution in [2.24, 2.45) is 11.3 Å². The van der Waals surface area contributed by atoms with Crippen molar-refractivity contribution < 1.29 is 14.3 Å². The second-order valence-electron chi connectivity index (χ2n) is 8.26. The van der Waals surface area contributed by atoms with E-state index in [1.807, 2.05) is 30.3 Å². The van der Waals surface area contributed by atoms with Crippen LogP contribution in [-0.2, 0) is 9.47 Å². The van der Waals surface area contributed by atoms with Gasteiger partial charge in [-0.3, -0.25) is 4.79 Å². The van der Waals surface area contributed by atoms with Gasteiger partial charge in [0.05, 0.1) is 12.7 Å². The van der Waals surface area contributed by atoms with Gasteiger partial charge in [0.15, 0.2) is 11.6 Å². The van der Waals surface area contributed by atoms with Crippen LogP contribution in [-0.4, -0.2) is 24.3 Å². The Kier molecular flexibility index (Phi) is 5.12. The zero-order valence-corrected chi connectivity index (χ0v) is 15.2. The molecule has 132 valence electrons. The molecule has 3 nitrogen and oxygen atoms in total. The maximum absolute atomic E-state index is 12.6. The minimum absolute atomic E-state index is 0.0528. The van der Waals surface area contributed by atoms with Crippen molar-refractivity contribution in [1.29, 1.82) is 0 Å². The van der Waals surface area contributed by atoms with Crippen molar-refractivity contribution in [2.45, 2.75) is 71.2 Å². The second-order valence-corrected chi connectivity index (χ2v) is 8.26. The first-order chi connectivity index (χ1) is 11.4. The van der Waals surface area contributed by atoms with E-state index in [2.05, 4.69) is 20.8 Å². The Bertz CT molecular complexity index is 558. The fourth-order valence-corrected chi connectivity index (χ4v) is 4.20. The topological polar surface area (TPSA) is 35.5 Å². The molecule has 2 unspecified atom stereocenters. The third kappa shape index (κ3) is 3.73. The lowest BCUT2D eigenvalue weighted by Gasteiger charge is -2.51. The van der Waals surface area contributed by atoms with Crippen LogP contribution >= 0.6 is 0 Å². The van der Waals surface area contributed by atoms with E-state index < -0.39 is 5.79 Å². The Morgan fingerprint density at radius 2 is 1.83 bits per heavy atom. The molecule has 0 aromatic heterocycles. The van der Waals surface area contributed by atoms with Crippen LogP contribution in [0.2, 0.25) is 0 Å². The van der Waals surface area contributed by atoms with Crippen LogP contribution in [0.5, 0.6) is 0 Å². The van der Waals surface area contributed by atoms with E-state index in [1.165, 1.54) is 19.3 Å². The van der Waals surface area contributed by atoms with Gasteiger partial charge in [-0.15, -0.1) is 0 Å². The van der Waals surface area contributed by atoms with E-state index in [1.54, 1.807) is 0 Å². The van der Waals surface area contributed by atoms with E-state index in [4.69, 9.17) is 9.47 Å². The molecular formula is C21H30O3. The monoisotopic (exact) mass is 330 g/mol. The number of ketones is 1. The molecule has 1 aromatic carbocycles. The summed E-state index contributed by atoms with van der Waals surface area (Å²) in [7, 11) is 0. The molecule has 1 aliphatic carbocycles. The van der Waals surface area contributed by atoms with Crippen molar-refractivity contribution in [3.05, 3.63) is 35.9 Å². The lowest BCUT2D eigenvalue weighted by molar-refractivity contribution is -0.346. The van der Waals surface area contributed by atoms with Crippen molar-refractivity contribution in [1.82, 2.24) is 0 Å². The number of Topliss-reactive ketones (excluding diaryl/α,β-unsaturated/α-hetero) is 1. The first-order valence-electron chi connectivity index (χ1n) is 9.32. The summed E-state index contributed by atoms with van der Waals surface area (Å²) in [5, 5.41) is 0. The van der Waals surface area contributed by atoms with Gasteiger partial charge >= 0.3 is 0 Å². The fraction of sp³-hybridized carbons (Fsp3) is 0.667. The van der Waals surface area contributed by atoms with Crippen LogP contribution in [0.25, 0.3) is 0 Å². The van der Waals surface area contributed by atoms with Crippen molar-refractivity contribution in [3.63, 3.8) is 0 Å². The minimum atomic E-state index is -0.400. The summed E-state index contributed by atoms with van der Waals surface area (Å²) < 4.78 is 12.7. The number of hydrogen-bond acceptors (Lipinski definition) is 3. The molecule has 2 fully saturated rings. The number of rotatable bonds is 4. The summed E-state index contributed by atoms with van der Waals surface area (Å²) in [6.07, 6.45) is 6.16. The maximum Gasteiger partial charge on any atom is 0.168 e. The van der Waals surface area contributed by atoms with Gasteiger partial charge in [0.2, 0.25) is 0 Å². The van der Waals surface area contributed by atoms with Gasteiger partial charge in [-0.25, -0.2) is 0 Å². The highest BCUT2D eigenvalue weighted by atomic mass is 16.7. The van der Waals surface area contributed by atoms with E-state index in [0.29, 0.717) is 13.0 Å². The van der Waals surface area contributed by atoms with Gasteiger partial charge in [0.25, 0.3) is 0 Å². The molecule has 2 atom stereocenters. The minimum Gasteiger partial charge on any atom is -0.349 e. The molecule has 1 heterocycles. The molecule has 1 saturated carbocycles. The van der Waals surface area contributed by atoms with Crippen LogP contribution < -0.4 is 0 Å². The van der Waals surface area contributed by atoms with Crippen molar-refractivity contribution >= 4 is 5.78 Å². The van der Waals surface area contributed by atoms with E-state index in [-0.39, 0.29) is 23.2 Å². The van der Waals surface area contributed by atoms with Gasteiger partial charge in [-0.1, -0.05) is 57.5 Å². The number of hydrogen-bond donors (Lipinski definition) is 0. The molecule has 2 aliphatic rings. The van der Waals surface area contributed by atoms with Gasteiger partial charge in [0, 0.05) is 30.2 Å². The van der Waals surface area contributed by atoms with Gasteiger partial charge in [-0.2, -0.15) is 0 Å². The summed E-state index contributed by atoms with van der Waals surface area (Å²) in [5.41, 5.74) is 0.723. The molecule has 3 rings (SSSR count). The molecule has 3 heteroatoms. The Labute approximate surface area is 145 Å². The lowest BCUT2D eigenvalue weighted by Crippen LogP contribution is -2.56. The van der Waals surface area contributed by atoms with Crippen molar-refractivity contribution in [3.8, 4) is 0 Å². The van der Waals surface area contributed by atoms with Gasteiger partial charge in [0.1, 0.15) is 0 Å². The molecule has 0 amide bonds. The molecule has 1 aromatic rings. The average molecular weight is 330 g/mol. The number of ether oxygens (including phenoxy) is 2. The first kappa shape index (κ1) is 17.6. The van der Waals surface area contributed by atoms with Crippen molar-refractivity contribution in [2.75, 3.05) is 6.61 Å². The molecule has 0 N–H and O–H groups in total. The molecule has 1 aliphatic heterocycles. The Morgan fingerprint density at radius 1 is 1.17 bits per heavy atom. The summed E-state index contributed by atoms with van der Waals surface area (Å²) >= 11 is 0. The van der Waals surface area contributed by atoms with Crippen LogP contribution in [0.4, 0.5) is 0 Å². The van der Waals surface area contributed by atoms with E-state index in [0.717, 1.165) is 18.4 Å². The van der Waals surface area contributed by atoms with E-state index in [9.17, 15) is 4.79 Å². The van der Waals surface area contributed by atoms with E-state index >= 15 is 0 Å². The summed E-state index contributed by atoms with van der Waals surface area (Å²) in [5.74, 6) is -0.0234. The summed E-state index contributed by atoms with van der Waals surface area (Å²) in [6.45, 7) is 7.24. The Morgan fingerprint density at radius 3 is 2.50 bits per heavy atom. The maximum atomic E-state index is 12.6. The standard InChI is InChI=1S/C21H30O3/c1-16(14-18(22)17-10-6-4-7-11-17)19-20(2,3)15-23-21(24-19)12-8-5-9-13-21/h4,6-7,10-11,16,19H,5,8-9,12-15H2,1-3H3. The molecular weight excluding hydrogens is 300 g/mol. The lowest BCUT2D eigenvalue weighted by atomic mass is 9.76. The van der Waals surface area contributed by atoms with Gasteiger partial charge < -0.3 is 9.47 Å². The van der Waals surface area contributed by atoms with Gasteiger partial charge in [-0.05, 0) is 18.8 Å². The molecule has 24 heavy (non-hydrogen) atoms. The SMILES string of the molecule is CC(CC(=O)c1ccccc1)C1OC2(CCCCC2)OCC1(C)C. The Balaban J connectivity index is 1.71. The summed E-state index contributed by atoms with van der Waals surface area (Å²) in [6, 6.07) is 9.58. The molecule has 0 bridgehead atoms. The second kappa shape index (κ2) is 6.97. The predicted octanol–water partition coefficient (Wildman–Crippen LogP) is 5.00. The third-order valence-electron chi connectivity index (χ3n) is 5.55. The molecule has 0 radical (unpaired) electrons. The van der Waals surface area contributed by atoms with Crippen LogP contribution in [0.1, 0.15) is 69.7 Å². The molecule has 1 spiro atoms. The number of carbonyl (C=O) groups excluding carboxylic acids is 1. The quantitative estimate of drug-likeness (QED) is 0.729. The number of carbonyl (C=O) groups is 1. The average Bonchev–Trinajstić information content (AvgIpc) is 2.59. The highest BCUT2D eigenvalue weighted by molar-refractivity contribution is 5.96. The Hall–Kier alpha value is -1.19. The van der Waals surface area contributed by atoms with Crippen LogP contribution in [0, 0.1) is 11.3 Å². The van der Waals surface area contributed by atoms with Crippen LogP contribution in [0.3, 0.4) is 0 Å². The number of benzene rings is 1. The zero-order valence-electron chi connectivity index (χ0n) is 15.2. The first-order valence-corrected chi connectivity index (χ1v) is 9.32. The highest BCUT2D eigenvalue weighted by Gasteiger charge is 2.48. The normalized spacial score (nSPS) is 26.9. The molecule has 1 saturated heterocycles. The third-order valence-corrected chi connectivity index (χ3v) is 5.55. The smallest absolute Gasteiger partial charge is 0.168 e. The summed E-state index contributed by atoms with van der Waals surface area (Å²) in [4.78, 5) is 12.6. The largest absolute Gasteiger partial charge is 0.349 e. The fourth-order valence-electron chi connectivity index (χ4n) is 4.20. The predicted molar refractivity (Wildman–Crippen MR) is 95.0 cm³/mol. The van der Waals surface area contributed by atoms with Crippen LogP contribution in [0.15, 0.2) is 30.3 Å². The highest BCUT2D eigenvalue weighted by Crippen LogP contribution is 2.45. The zero-order chi connectivity index (χ0) is 17.2.